The lowest BCUT2D eigenvalue weighted by molar-refractivity contribution is -0.142. The van der Waals surface area contributed by atoms with Crippen molar-refractivity contribution in [1.82, 2.24) is 9.55 Å². The van der Waals surface area contributed by atoms with Gasteiger partial charge in [-0.2, -0.15) is 23.5 Å². The third-order valence-corrected chi connectivity index (χ3v) is 3.96. The van der Waals surface area contributed by atoms with Crippen LogP contribution in [0.15, 0.2) is 51.8 Å². The van der Waals surface area contributed by atoms with Crippen LogP contribution in [0.2, 0.25) is 5.02 Å². The van der Waals surface area contributed by atoms with E-state index in [0.717, 1.165) is 16.7 Å². The first kappa shape index (κ1) is 20.2. The number of nitrogens with zero attached hydrogens (tertiary/aromatic N) is 5. The van der Waals surface area contributed by atoms with Gasteiger partial charge >= 0.3 is 6.18 Å². The summed E-state index contributed by atoms with van der Waals surface area (Å²) >= 11 is 5.82. The SMILES string of the molecule is N#Cc1cc(Cl)cc(Oc2c(C(F)(F)F)ncn(CC3C=CN=NC3=O)c2=O)c1. The second kappa shape index (κ2) is 7.84. The van der Waals surface area contributed by atoms with Crippen molar-refractivity contribution in [1.29, 1.82) is 5.26 Å². The van der Waals surface area contributed by atoms with Crippen molar-refractivity contribution in [2.24, 2.45) is 16.1 Å². The quantitative estimate of drug-likeness (QED) is 0.744. The molecule has 8 nitrogen and oxygen atoms in total. The maximum atomic E-state index is 13.3. The molecule has 0 N–H and O–H groups in total. The summed E-state index contributed by atoms with van der Waals surface area (Å²) in [6.07, 6.45) is -1.72. The van der Waals surface area contributed by atoms with Gasteiger partial charge in [-0.3, -0.25) is 14.2 Å². The van der Waals surface area contributed by atoms with Crippen LogP contribution in [0, 0.1) is 17.2 Å². The highest BCUT2D eigenvalue weighted by molar-refractivity contribution is 6.30. The van der Waals surface area contributed by atoms with Gasteiger partial charge in [0.1, 0.15) is 5.75 Å². The molecule has 29 heavy (non-hydrogen) atoms. The molecule has 0 bridgehead atoms. The normalized spacial score (nSPS) is 16.0. The second-order valence-corrected chi connectivity index (χ2v) is 6.21. The minimum Gasteiger partial charge on any atom is -0.449 e. The number of carbonyl (C=O) groups is 1. The van der Waals surface area contributed by atoms with E-state index >= 15 is 0 Å². The minimum atomic E-state index is -4.99. The van der Waals surface area contributed by atoms with E-state index in [2.05, 4.69) is 15.2 Å². The Balaban J connectivity index is 2.06. The standard InChI is InChI=1S/C17H9ClF3N5O3/c18-11-3-9(6-22)4-12(5-11)29-13-14(17(19,20)21)23-8-26(16(13)28)7-10-1-2-24-25-15(10)27/h1-5,8,10H,7H2. The van der Waals surface area contributed by atoms with Crippen LogP contribution in [0.25, 0.3) is 0 Å². The number of hydrogen-bond donors (Lipinski definition) is 0. The van der Waals surface area contributed by atoms with Crippen LogP contribution in [0.4, 0.5) is 13.2 Å². The van der Waals surface area contributed by atoms with Gasteiger partial charge in [-0.05, 0) is 24.3 Å². The number of amides is 1. The van der Waals surface area contributed by atoms with Gasteiger partial charge in [-0.15, -0.1) is 5.11 Å². The molecule has 1 atom stereocenters. The molecular formula is C17H9ClF3N5O3. The van der Waals surface area contributed by atoms with Crippen molar-refractivity contribution in [2.75, 3.05) is 0 Å². The van der Waals surface area contributed by atoms with Crippen molar-refractivity contribution in [2.45, 2.75) is 12.7 Å². The first-order valence-electron chi connectivity index (χ1n) is 7.85. The second-order valence-electron chi connectivity index (χ2n) is 5.77. The summed E-state index contributed by atoms with van der Waals surface area (Å²) in [4.78, 5) is 27.7. The molecule has 1 unspecified atom stereocenters. The highest BCUT2D eigenvalue weighted by Crippen LogP contribution is 2.35. The van der Waals surface area contributed by atoms with Gasteiger partial charge in [0.25, 0.3) is 11.5 Å². The van der Waals surface area contributed by atoms with Gasteiger partial charge in [0.05, 0.1) is 23.9 Å². The largest absolute Gasteiger partial charge is 0.449 e. The van der Waals surface area contributed by atoms with E-state index in [1.165, 1.54) is 18.3 Å². The van der Waals surface area contributed by atoms with Gasteiger partial charge in [0.2, 0.25) is 5.75 Å². The predicted octanol–water partition coefficient (Wildman–Crippen LogP) is 3.70. The molecule has 0 fully saturated rings. The molecule has 0 saturated carbocycles. The van der Waals surface area contributed by atoms with Crippen molar-refractivity contribution < 1.29 is 22.7 Å². The summed E-state index contributed by atoms with van der Waals surface area (Å²) in [6.45, 7) is -0.312. The van der Waals surface area contributed by atoms with Crippen molar-refractivity contribution >= 4 is 17.5 Å². The summed E-state index contributed by atoms with van der Waals surface area (Å²) in [7, 11) is 0. The van der Waals surface area contributed by atoms with Gasteiger partial charge in [0, 0.05) is 17.8 Å². The third kappa shape index (κ3) is 4.49. The molecule has 0 saturated heterocycles. The highest BCUT2D eigenvalue weighted by atomic mass is 35.5. The van der Waals surface area contributed by atoms with Crippen molar-refractivity contribution in [3.63, 3.8) is 0 Å². The average molecular weight is 424 g/mol. The molecule has 0 radical (unpaired) electrons. The summed E-state index contributed by atoms with van der Waals surface area (Å²) < 4.78 is 46.0. The number of nitriles is 1. The van der Waals surface area contributed by atoms with Gasteiger partial charge in [-0.1, -0.05) is 11.6 Å². The number of ether oxygens (including phenoxy) is 1. The van der Waals surface area contributed by atoms with Gasteiger partial charge in [-0.25, -0.2) is 4.98 Å². The Kier molecular flexibility index (Phi) is 5.47. The summed E-state index contributed by atoms with van der Waals surface area (Å²) in [5.41, 5.74) is -2.70. The third-order valence-electron chi connectivity index (χ3n) is 3.74. The molecule has 1 amide bonds. The number of rotatable bonds is 4. The lowest BCUT2D eigenvalue weighted by Crippen LogP contribution is -2.30. The highest BCUT2D eigenvalue weighted by Gasteiger charge is 2.39. The molecule has 0 spiro atoms. The van der Waals surface area contributed by atoms with E-state index in [-0.39, 0.29) is 22.9 Å². The number of azo groups is 1. The van der Waals surface area contributed by atoms with Crippen LogP contribution < -0.4 is 10.3 Å². The Morgan fingerprint density at radius 2 is 2.03 bits per heavy atom. The van der Waals surface area contributed by atoms with E-state index < -0.39 is 35.0 Å². The number of carbonyl (C=O) groups excluding carboxylic acids is 1. The molecule has 2 aromatic rings. The lowest BCUT2D eigenvalue weighted by atomic mass is 10.1. The fourth-order valence-corrected chi connectivity index (χ4v) is 2.66. The topological polar surface area (TPSA) is 110 Å². The Bertz CT molecular complexity index is 1130. The Labute approximate surface area is 165 Å². The van der Waals surface area contributed by atoms with E-state index in [0.29, 0.717) is 6.33 Å². The Hall–Kier alpha value is -3.52. The van der Waals surface area contributed by atoms with E-state index in [9.17, 15) is 22.8 Å². The van der Waals surface area contributed by atoms with Gasteiger partial charge in [0.15, 0.2) is 5.69 Å². The number of aromatic nitrogens is 2. The van der Waals surface area contributed by atoms with Crippen molar-refractivity contribution in [3.8, 4) is 17.6 Å². The fraction of sp³-hybridized carbons (Fsp3) is 0.176. The Morgan fingerprint density at radius 3 is 2.69 bits per heavy atom. The molecule has 148 valence electrons. The van der Waals surface area contributed by atoms with E-state index in [1.807, 2.05) is 0 Å². The van der Waals surface area contributed by atoms with Crippen LogP contribution in [0.1, 0.15) is 11.3 Å². The van der Waals surface area contributed by atoms with E-state index in [4.69, 9.17) is 21.6 Å². The summed E-state index contributed by atoms with van der Waals surface area (Å²) in [5, 5.41) is 15.7. The zero-order chi connectivity index (χ0) is 21.2. The first-order chi connectivity index (χ1) is 13.7. The molecule has 1 aliphatic heterocycles. The lowest BCUT2D eigenvalue weighted by Gasteiger charge is -2.16. The molecule has 2 heterocycles. The van der Waals surface area contributed by atoms with Crippen LogP contribution in [-0.4, -0.2) is 15.5 Å². The molecule has 1 aromatic carbocycles. The minimum absolute atomic E-state index is 0.0218. The maximum Gasteiger partial charge on any atom is 0.437 e. The smallest absolute Gasteiger partial charge is 0.437 e. The average Bonchev–Trinajstić information content (AvgIpc) is 2.65. The number of benzene rings is 1. The summed E-state index contributed by atoms with van der Waals surface area (Å²) in [5.74, 6) is -2.91. The van der Waals surface area contributed by atoms with Crippen LogP contribution in [0.3, 0.4) is 0 Å². The number of alkyl halides is 3. The molecule has 0 aliphatic carbocycles. The monoisotopic (exact) mass is 423 g/mol. The zero-order valence-electron chi connectivity index (χ0n) is 14.2. The molecule has 3 rings (SSSR count). The molecular weight excluding hydrogens is 415 g/mol. The van der Waals surface area contributed by atoms with Crippen molar-refractivity contribution in [3.05, 3.63) is 63.4 Å². The number of hydrogen-bond acceptors (Lipinski definition) is 6. The maximum absolute atomic E-state index is 13.3. The summed E-state index contributed by atoms with van der Waals surface area (Å²) in [6, 6.07) is 5.32. The first-order valence-corrected chi connectivity index (χ1v) is 8.23. The fourth-order valence-electron chi connectivity index (χ4n) is 2.44. The van der Waals surface area contributed by atoms with Gasteiger partial charge < -0.3 is 4.74 Å². The Morgan fingerprint density at radius 1 is 1.28 bits per heavy atom. The van der Waals surface area contributed by atoms with Crippen LogP contribution in [0.5, 0.6) is 11.5 Å². The molecule has 1 aliphatic rings. The predicted molar refractivity (Wildman–Crippen MR) is 92.2 cm³/mol. The van der Waals surface area contributed by atoms with Crippen LogP contribution in [-0.2, 0) is 17.5 Å². The molecule has 12 heteroatoms. The van der Waals surface area contributed by atoms with Crippen LogP contribution >= 0.6 is 11.6 Å². The zero-order valence-corrected chi connectivity index (χ0v) is 15.0. The van der Waals surface area contributed by atoms with E-state index in [1.54, 1.807) is 6.07 Å². The molecule has 1 aromatic heterocycles. The number of halogens is 4.